The lowest BCUT2D eigenvalue weighted by Gasteiger charge is -2.32. The van der Waals surface area contributed by atoms with Crippen molar-refractivity contribution >= 4 is 5.78 Å². The molecule has 1 N–H and O–H groups in total. The van der Waals surface area contributed by atoms with Gasteiger partial charge in [-0.3, -0.25) is 0 Å². The number of rotatable bonds is 9. The van der Waals surface area contributed by atoms with Crippen LogP contribution in [0.15, 0.2) is 24.3 Å². The number of ketones is 1. The maximum atomic E-state index is 11.0. The monoisotopic (exact) mass is 334 g/mol. The molecule has 0 radical (unpaired) electrons. The van der Waals surface area contributed by atoms with Crippen molar-refractivity contribution in [1.29, 1.82) is 0 Å². The van der Waals surface area contributed by atoms with Crippen LogP contribution >= 0.6 is 0 Å². The van der Waals surface area contributed by atoms with Crippen LogP contribution in [0.1, 0.15) is 45.6 Å². The fourth-order valence-electron chi connectivity index (χ4n) is 3.33. The SMILES string of the molecule is CC(=O)CCc1ccc(OCCCC[NH+]2C[C@@H](C)O[C@H](C)C2)cc1. The Morgan fingerprint density at radius 2 is 1.83 bits per heavy atom. The number of Topliss-reactive ketones (excluding diaryl/α,β-unsaturated/α-hetero) is 1. The van der Waals surface area contributed by atoms with Gasteiger partial charge in [-0.25, -0.2) is 0 Å². The predicted octanol–water partition coefficient (Wildman–Crippen LogP) is 2.06. The second kappa shape index (κ2) is 9.80. The lowest BCUT2D eigenvalue weighted by molar-refractivity contribution is -0.915. The summed E-state index contributed by atoms with van der Waals surface area (Å²) in [6.07, 6.45) is 4.45. The second-order valence-corrected chi connectivity index (χ2v) is 7.07. The van der Waals surface area contributed by atoms with Gasteiger partial charge >= 0.3 is 0 Å². The fourth-order valence-corrected chi connectivity index (χ4v) is 3.33. The van der Waals surface area contributed by atoms with Gasteiger partial charge in [0.2, 0.25) is 0 Å². The third-order valence-electron chi connectivity index (χ3n) is 4.50. The Morgan fingerprint density at radius 3 is 2.46 bits per heavy atom. The Balaban J connectivity index is 1.59. The van der Waals surface area contributed by atoms with Crippen molar-refractivity contribution in [2.24, 2.45) is 0 Å². The average Bonchev–Trinajstić information content (AvgIpc) is 2.53. The van der Waals surface area contributed by atoms with Crippen molar-refractivity contribution in [3.63, 3.8) is 0 Å². The molecule has 2 rings (SSSR count). The molecule has 1 saturated heterocycles. The van der Waals surface area contributed by atoms with Gasteiger partial charge in [-0.05, 0) is 57.7 Å². The largest absolute Gasteiger partial charge is 0.494 e. The van der Waals surface area contributed by atoms with Crippen LogP contribution < -0.4 is 9.64 Å². The number of benzene rings is 1. The van der Waals surface area contributed by atoms with Crippen LogP contribution in [0.3, 0.4) is 0 Å². The molecule has 4 heteroatoms. The van der Waals surface area contributed by atoms with Gasteiger partial charge in [0.15, 0.2) is 0 Å². The summed E-state index contributed by atoms with van der Waals surface area (Å²) >= 11 is 0. The molecule has 1 aromatic rings. The van der Waals surface area contributed by atoms with E-state index in [1.165, 1.54) is 18.5 Å². The van der Waals surface area contributed by atoms with Gasteiger partial charge in [-0.15, -0.1) is 0 Å². The lowest BCUT2D eigenvalue weighted by atomic mass is 10.1. The summed E-state index contributed by atoms with van der Waals surface area (Å²) < 4.78 is 11.6. The molecule has 1 heterocycles. The highest BCUT2D eigenvalue weighted by Gasteiger charge is 2.24. The van der Waals surface area contributed by atoms with Crippen LogP contribution in [0.2, 0.25) is 0 Å². The molecule has 0 aliphatic carbocycles. The van der Waals surface area contributed by atoms with Gasteiger partial charge in [0.1, 0.15) is 36.8 Å². The Kier molecular flexibility index (Phi) is 7.73. The predicted molar refractivity (Wildman–Crippen MR) is 95.7 cm³/mol. The molecule has 0 amide bonds. The number of quaternary nitrogens is 1. The first kappa shape index (κ1) is 18.9. The summed E-state index contributed by atoms with van der Waals surface area (Å²) in [6, 6.07) is 8.12. The third-order valence-corrected chi connectivity index (χ3v) is 4.50. The van der Waals surface area contributed by atoms with Crippen molar-refractivity contribution in [2.75, 3.05) is 26.2 Å². The highest BCUT2D eigenvalue weighted by Crippen LogP contribution is 2.14. The number of unbranched alkanes of at least 4 members (excludes halogenated alkanes) is 1. The Morgan fingerprint density at radius 1 is 1.17 bits per heavy atom. The molecule has 1 aromatic carbocycles. The lowest BCUT2D eigenvalue weighted by Crippen LogP contribution is -3.15. The van der Waals surface area contributed by atoms with Gasteiger partial charge in [0.25, 0.3) is 0 Å². The third kappa shape index (κ3) is 7.02. The first-order valence-electron chi connectivity index (χ1n) is 9.23. The molecular formula is C20H32NO3+. The smallest absolute Gasteiger partial charge is 0.130 e. The van der Waals surface area contributed by atoms with E-state index in [0.717, 1.165) is 38.3 Å². The van der Waals surface area contributed by atoms with Crippen LogP contribution in [-0.2, 0) is 16.0 Å². The molecule has 1 fully saturated rings. The summed E-state index contributed by atoms with van der Waals surface area (Å²) in [5.74, 6) is 1.16. The van der Waals surface area contributed by atoms with Crippen molar-refractivity contribution in [3.8, 4) is 5.75 Å². The number of hydrogen-bond acceptors (Lipinski definition) is 3. The molecule has 0 spiro atoms. The summed E-state index contributed by atoms with van der Waals surface area (Å²) in [4.78, 5) is 12.7. The van der Waals surface area contributed by atoms with E-state index in [-0.39, 0.29) is 5.78 Å². The summed E-state index contributed by atoms with van der Waals surface area (Å²) in [6.45, 7) is 10.2. The normalized spacial score (nSPS) is 23.9. The van der Waals surface area contributed by atoms with E-state index < -0.39 is 0 Å². The maximum absolute atomic E-state index is 11.0. The van der Waals surface area contributed by atoms with Gasteiger partial charge < -0.3 is 19.2 Å². The Bertz CT molecular complexity index is 490. The number of carbonyl (C=O) groups is 1. The number of nitrogens with one attached hydrogen (secondary N) is 1. The van der Waals surface area contributed by atoms with E-state index in [1.807, 2.05) is 12.1 Å². The van der Waals surface area contributed by atoms with Crippen molar-refractivity contribution in [3.05, 3.63) is 29.8 Å². The van der Waals surface area contributed by atoms with Crippen LogP contribution in [0, 0.1) is 0 Å². The zero-order valence-corrected chi connectivity index (χ0v) is 15.3. The van der Waals surface area contributed by atoms with E-state index in [9.17, 15) is 4.79 Å². The Hall–Kier alpha value is -1.39. The zero-order chi connectivity index (χ0) is 17.4. The molecule has 2 atom stereocenters. The molecule has 0 aromatic heterocycles. The molecule has 1 aliphatic rings. The molecule has 134 valence electrons. The van der Waals surface area contributed by atoms with E-state index in [4.69, 9.17) is 9.47 Å². The van der Waals surface area contributed by atoms with Crippen LogP contribution in [0.5, 0.6) is 5.75 Å². The van der Waals surface area contributed by atoms with Crippen molar-refractivity contribution in [2.45, 2.75) is 58.7 Å². The van der Waals surface area contributed by atoms with Crippen molar-refractivity contribution in [1.82, 2.24) is 0 Å². The highest BCUT2D eigenvalue weighted by molar-refractivity contribution is 5.75. The quantitative estimate of drug-likeness (QED) is 0.703. The molecule has 24 heavy (non-hydrogen) atoms. The molecule has 4 nitrogen and oxygen atoms in total. The average molecular weight is 334 g/mol. The summed E-state index contributed by atoms with van der Waals surface area (Å²) in [7, 11) is 0. The van der Waals surface area contributed by atoms with E-state index in [2.05, 4.69) is 26.0 Å². The summed E-state index contributed by atoms with van der Waals surface area (Å²) in [5, 5.41) is 0. The first-order chi connectivity index (χ1) is 11.5. The van der Waals surface area contributed by atoms with Crippen LogP contribution in [0.4, 0.5) is 0 Å². The minimum atomic E-state index is 0.238. The summed E-state index contributed by atoms with van der Waals surface area (Å²) in [5.41, 5.74) is 1.19. The molecular weight excluding hydrogens is 302 g/mol. The van der Waals surface area contributed by atoms with Crippen LogP contribution in [-0.4, -0.2) is 44.2 Å². The van der Waals surface area contributed by atoms with E-state index >= 15 is 0 Å². The maximum Gasteiger partial charge on any atom is 0.130 e. The highest BCUT2D eigenvalue weighted by atomic mass is 16.5. The van der Waals surface area contributed by atoms with Gasteiger partial charge in [-0.1, -0.05) is 12.1 Å². The van der Waals surface area contributed by atoms with E-state index in [0.29, 0.717) is 18.6 Å². The molecule has 0 bridgehead atoms. The van der Waals surface area contributed by atoms with Crippen LogP contribution in [0.25, 0.3) is 0 Å². The second-order valence-electron chi connectivity index (χ2n) is 7.07. The molecule has 0 saturated carbocycles. The number of morpholine rings is 1. The van der Waals surface area contributed by atoms with Gasteiger partial charge in [-0.2, -0.15) is 0 Å². The van der Waals surface area contributed by atoms with E-state index in [1.54, 1.807) is 11.8 Å². The standard InChI is InChI=1S/C20H31NO3/c1-16(22)6-7-19-8-10-20(11-9-19)23-13-5-4-12-21-14-17(2)24-18(3)15-21/h8-11,17-18H,4-7,12-15H2,1-3H3/p+1/t17-,18-/m1/s1. The number of ether oxygens (including phenoxy) is 2. The molecule has 1 aliphatic heterocycles. The zero-order valence-electron chi connectivity index (χ0n) is 15.3. The number of hydrogen-bond donors (Lipinski definition) is 1. The minimum absolute atomic E-state index is 0.238. The minimum Gasteiger partial charge on any atom is -0.494 e. The molecule has 0 unspecified atom stereocenters. The van der Waals surface area contributed by atoms with Crippen molar-refractivity contribution < 1.29 is 19.2 Å². The first-order valence-corrected chi connectivity index (χ1v) is 9.23. The number of aryl methyl sites for hydroxylation is 1. The topological polar surface area (TPSA) is 40.0 Å². The Labute approximate surface area is 146 Å². The van der Waals surface area contributed by atoms with Gasteiger partial charge in [0.05, 0.1) is 13.2 Å². The fraction of sp³-hybridized carbons (Fsp3) is 0.650. The number of carbonyl (C=O) groups excluding carboxylic acids is 1. The van der Waals surface area contributed by atoms with Gasteiger partial charge in [0, 0.05) is 6.42 Å².